The average molecular weight is 537 g/mol. The fourth-order valence-corrected chi connectivity index (χ4v) is 3.93. The standard InChI is InChI=1S/C31H32BN3O5/c1-35(27-16-6-3-7-17-27)31(37)26(23-33)15-9-8-13-24-14-10-18-28(21-24)40-20-19-30(36)34-29(32(38)39)22-25-11-4-2-5-12-25/h2-7,10-12,14,16-18,21,26,29,38-39H,8,13,19-20,22H2,1H3,(H,34,36)/t26?,29-/m0/s1. The summed E-state index contributed by atoms with van der Waals surface area (Å²) in [4.78, 5) is 26.4. The number of ether oxygens (including phenoxy) is 1. The highest BCUT2D eigenvalue weighted by molar-refractivity contribution is 6.43. The van der Waals surface area contributed by atoms with E-state index in [0.717, 1.165) is 11.1 Å². The van der Waals surface area contributed by atoms with E-state index in [1.54, 1.807) is 25.2 Å². The van der Waals surface area contributed by atoms with Gasteiger partial charge in [-0.3, -0.25) is 9.59 Å². The molecule has 3 N–H and O–H groups in total. The molecule has 0 aliphatic heterocycles. The monoisotopic (exact) mass is 537 g/mol. The number of aryl methyl sites for hydroxylation is 1. The Bertz CT molecular complexity index is 1350. The molecular weight excluding hydrogens is 505 g/mol. The molecular formula is C31H32BN3O5. The van der Waals surface area contributed by atoms with Crippen molar-refractivity contribution in [3.05, 3.63) is 96.1 Å². The summed E-state index contributed by atoms with van der Waals surface area (Å²) < 4.78 is 5.72. The molecule has 3 aromatic carbocycles. The molecule has 2 atom stereocenters. The van der Waals surface area contributed by atoms with Gasteiger partial charge in [0.25, 0.3) is 5.91 Å². The van der Waals surface area contributed by atoms with Gasteiger partial charge in [0.1, 0.15) is 5.75 Å². The van der Waals surface area contributed by atoms with E-state index in [2.05, 4.69) is 17.2 Å². The van der Waals surface area contributed by atoms with E-state index < -0.39 is 19.0 Å². The number of hydrogen-bond acceptors (Lipinski definition) is 6. The fourth-order valence-electron chi connectivity index (χ4n) is 3.93. The fraction of sp³-hybridized carbons (Fsp3) is 0.258. The Morgan fingerprint density at radius 1 is 1.00 bits per heavy atom. The zero-order valence-corrected chi connectivity index (χ0v) is 22.4. The predicted molar refractivity (Wildman–Crippen MR) is 154 cm³/mol. The molecule has 204 valence electrons. The Kier molecular flexibility index (Phi) is 11.8. The Balaban J connectivity index is 1.45. The second-order valence-electron chi connectivity index (χ2n) is 9.14. The lowest BCUT2D eigenvalue weighted by molar-refractivity contribution is -0.122. The Morgan fingerprint density at radius 2 is 1.68 bits per heavy atom. The highest BCUT2D eigenvalue weighted by Crippen LogP contribution is 2.16. The summed E-state index contributed by atoms with van der Waals surface area (Å²) in [5.41, 5.74) is 2.54. The first-order valence-electron chi connectivity index (χ1n) is 13.0. The quantitative estimate of drug-likeness (QED) is 0.241. The van der Waals surface area contributed by atoms with E-state index >= 15 is 0 Å². The van der Waals surface area contributed by atoms with Crippen LogP contribution in [-0.4, -0.2) is 48.6 Å². The second kappa shape index (κ2) is 15.8. The molecule has 0 radical (unpaired) electrons. The van der Waals surface area contributed by atoms with Crippen LogP contribution in [0.25, 0.3) is 0 Å². The maximum absolute atomic E-state index is 12.6. The van der Waals surface area contributed by atoms with Crippen molar-refractivity contribution in [1.29, 1.82) is 5.26 Å². The van der Waals surface area contributed by atoms with Gasteiger partial charge in [-0.2, -0.15) is 5.26 Å². The van der Waals surface area contributed by atoms with Crippen LogP contribution < -0.4 is 15.0 Å². The van der Waals surface area contributed by atoms with Gasteiger partial charge in [-0.05, 0) is 48.2 Å². The molecule has 2 amide bonds. The molecule has 0 bridgehead atoms. The minimum atomic E-state index is -1.68. The van der Waals surface area contributed by atoms with Gasteiger partial charge in [0.15, 0.2) is 5.92 Å². The molecule has 1 unspecified atom stereocenters. The summed E-state index contributed by atoms with van der Waals surface area (Å²) in [6.07, 6.45) is 1.40. The minimum absolute atomic E-state index is 0.0503. The van der Waals surface area contributed by atoms with E-state index in [1.807, 2.05) is 72.8 Å². The zero-order valence-electron chi connectivity index (χ0n) is 22.4. The van der Waals surface area contributed by atoms with Gasteiger partial charge in [-0.25, -0.2) is 0 Å². The molecule has 0 heterocycles. The highest BCUT2D eigenvalue weighted by atomic mass is 16.5. The largest absolute Gasteiger partial charge is 0.493 e. The first kappa shape index (κ1) is 30.0. The Labute approximate surface area is 235 Å². The molecule has 8 nitrogen and oxygen atoms in total. The molecule has 3 aromatic rings. The average Bonchev–Trinajstić information content (AvgIpc) is 2.97. The molecule has 9 heteroatoms. The number of amides is 2. The van der Waals surface area contributed by atoms with Crippen LogP contribution in [0.5, 0.6) is 5.75 Å². The maximum atomic E-state index is 12.6. The van der Waals surface area contributed by atoms with Gasteiger partial charge in [0.2, 0.25) is 5.91 Å². The van der Waals surface area contributed by atoms with Gasteiger partial charge in [-0.1, -0.05) is 66.6 Å². The number of rotatable bonds is 12. The smallest absolute Gasteiger partial charge is 0.475 e. The molecule has 0 aliphatic carbocycles. The van der Waals surface area contributed by atoms with Crippen molar-refractivity contribution in [2.24, 2.45) is 5.92 Å². The summed E-state index contributed by atoms with van der Waals surface area (Å²) in [6, 6.07) is 27.7. The van der Waals surface area contributed by atoms with E-state index in [0.29, 0.717) is 30.7 Å². The number of benzene rings is 3. The van der Waals surface area contributed by atoms with Crippen molar-refractivity contribution < 1.29 is 24.4 Å². The third kappa shape index (κ3) is 9.63. The van der Waals surface area contributed by atoms with E-state index in [9.17, 15) is 24.9 Å². The van der Waals surface area contributed by atoms with Crippen molar-refractivity contribution in [2.45, 2.75) is 31.6 Å². The lowest BCUT2D eigenvalue weighted by Gasteiger charge is -2.18. The van der Waals surface area contributed by atoms with Crippen LogP contribution in [0.2, 0.25) is 0 Å². The van der Waals surface area contributed by atoms with Gasteiger partial charge >= 0.3 is 7.12 Å². The van der Waals surface area contributed by atoms with Crippen LogP contribution in [0, 0.1) is 29.1 Å². The van der Waals surface area contributed by atoms with E-state index in [1.165, 1.54) is 4.90 Å². The third-order valence-electron chi connectivity index (χ3n) is 6.14. The molecule has 0 spiro atoms. The van der Waals surface area contributed by atoms with Crippen LogP contribution in [0.15, 0.2) is 84.9 Å². The van der Waals surface area contributed by atoms with Crippen LogP contribution in [0.4, 0.5) is 5.69 Å². The minimum Gasteiger partial charge on any atom is -0.493 e. The Hall–Kier alpha value is -4.57. The molecule has 0 aliphatic rings. The van der Waals surface area contributed by atoms with Gasteiger partial charge in [-0.15, -0.1) is 5.92 Å². The van der Waals surface area contributed by atoms with Gasteiger partial charge in [0.05, 0.1) is 25.0 Å². The zero-order chi connectivity index (χ0) is 28.7. The molecule has 0 saturated carbocycles. The molecule has 0 aromatic heterocycles. The van der Waals surface area contributed by atoms with Crippen molar-refractivity contribution in [3.8, 4) is 23.7 Å². The van der Waals surface area contributed by atoms with Crippen LogP contribution in [-0.2, 0) is 22.4 Å². The number of carbonyl (C=O) groups excluding carboxylic acids is 2. The van der Waals surface area contributed by atoms with Crippen molar-refractivity contribution in [1.82, 2.24) is 5.32 Å². The van der Waals surface area contributed by atoms with E-state index in [4.69, 9.17) is 4.74 Å². The lowest BCUT2D eigenvalue weighted by atomic mass is 9.76. The number of para-hydroxylation sites is 1. The van der Waals surface area contributed by atoms with Crippen LogP contribution in [0.1, 0.15) is 24.0 Å². The lowest BCUT2D eigenvalue weighted by Crippen LogP contribution is -2.48. The highest BCUT2D eigenvalue weighted by Gasteiger charge is 2.25. The summed E-state index contributed by atoms with van der Waals surface area (Å²) in [5.74, 6) is 3.71. The summed E-state index contributed by atoms with van der Waals surface area (Å²) in [7, 11) is -0.0612. The number of carbonyl (C=O) groups is 2. The first-order chi connectivity index (χ1) is 19.4. The summed E-state index contributed by atoms with van der Waals surface area (Å²) in [5, 5.41) is 31.4. The van der Waals surface area contributed by atoms with Gasteiger partial charge in [0, 0.05) is 19.2 Å². The van der Waals surface area contributed by atoms with Crippen molar-refractivity contribution >= 4 is 24.6 Å². The van der Waals surface area contributed by atoms with Crippen molar-refractivity contribution in [2.75, 3.05) is 18.6 Å². The first-order valence-corrected chi connectivity index (χ1v) is 13.0. The third-order valence-corrected chi connectivity index (χ3v) is 6.14. The number of nitrogens with zero attached hydrogens (tertiary/aromatic N) is 2. The number of nitriles is 1. The van der Waals surface area contributed by atoms with Crippen molar-refractivity contribution in [3.63, 3.8) is 0 Å². The van der Waals surface area contributed by atoms with Crippen LogP contribution >= 0.6 is 0 Å². The molecule has 0 fully saturated rings. The Morgan fingerprint density at radius 3 is 2.35 bits per heavy atom. The normalized spacial score (nSPS) is 11.7. The number of anilines is 1. The molecule has 0 saturated heterocycles. The SMILES string of the molecule is CN(C(=O)C(C#N)C#CCCc1cccc(OCCC(=O)N[C@@H](Cc2ccccc2)B(O)O)c1)c1ccccc1. The summed E-state index contributed by atoms with van der Waals surface area (Å²) in [6.45, 7) is 0.121. The maximum Gasteiger partial charge on any atom is 0.475 e. The van der Waals surface area contributed by atoms with E-state index in [-0.39, 0.29) is 24.8 Å². The number of nitrogens with one attached hydrogen (secondary N) is 1. The molecule has 3 rings (SSSR count). The number of hydrogen-bond donors (Lipinski definition) is 3. The van der Waals surface area contributed by atoms with Crippen LogP contribution in [0.3, 0.4) is 0 Å². The molecule has 40 heavy (non-hydrogen) atoms. The second-order valence-corrected chi connectivity index (χ2v) is 9.14. The topological polar surface area (TPSA) is 123 Å². The predicted octanol–water partition coefficient (Wildman–Crippen LogP) is 2.93. The van der Waals surface area contributed by atoms with Gasteiger partial charge < -0.3 is 25.0 Å². The summed E-state index contributed by atoms with van der Waals surface area (Å²) >= 11 is 0.